The average Bonchev–Trinajstić information content (AvgIpc) is 3.01. The minimum Gasteiger partial charge on any atom is -0.451 e. The van der Waals surface area contributed by atoms with Crippen molar-refractivity contribution in [3.05, 3.63) is 53.3 Å². The zero-order valence-corrected chi connectivity index (χ0v) is 15.4. The number of ether oxygens (including phenoxy) is 1. The second-order valence-electron chi connectivity index (χ2n) is 6.20. The highest BCUT2D eigenvalue weighted by Crippen LogP contribution is 2.16. The molecule has 0 saturated carbocycles. The van der Waals surface area contributed by atoms with Crippen molar-refractivity contribution >= 4 is 23.5 Å². The van der Waals surface area contributed by atoms with Crippen molar-refractivity contribution in [2.75, 3.05) is 25.5 Å². The molecule has 0 aliphatic carbocycles. The quantitative estimate of drug-likeness (QED) is 0.801. The number of anilines is 1. The van der Waals surface area contributed by atoms with Gasteiger partial charge in [-0.25, -0.2) is 4.79 Å². The Bertz CT molecular complexity index is 826. The fourth-order valence-electron chi connectivity index (χ4n) is 2.35. The summed E-state index contributed by atoms with van der Waals surface area (Å²) in [6, 6.07) is 9.07. The first kappa shape index (κ1) is 19.2. The van der Waals surface area contributed by atoms with Crippen molar-refractivity contribution in [2.24, 2.45) is 7.05 Å². The molecule has 0 aliphatic heterocycles. The second kappa shape index (κ2) is 8.33. The molecule has 0 saturated heterocycles. The van der Waals surface area contributed by atoms with Crippen LogP contribution >= 0.6 is 0 Å². The van der Waals surface area contributed by atoms with Crippen LogP contribution in [0.5, 0.6) is 0 Å². The predicted molar refractivity (Wildman–Crippen MR) is 97.9 cm³/mol. The Kier molecular flexibility index (Phi) is 6.16. The molecule has 0 radical (unpaired) electrons. The molecule has 2 rings (SSSR count). The SMILES string of the molecule is Cc1ccc(C)c(NC(=O)CN(C)C(=O)COC(=O)c2cccn2C)c1. The molecule has 7 heteroatoms. The van der Waals surface area contributed by atoms with E-state index in [1.165, 1.54) is 11.9 Å². The molecular weight excluding hydrogens is 334 g/mol. The van der Waals surface area contributed by atoms with Crippen LogP contribution in [0.25, 0.3) is 0 Å². The van der Waals surface area contributed by atoms with Gasteiger partial charge in [0, 0.05) is 26.0 Å². The Labute approximate surface area is 152 Å². The first-order valence-electron chi connectivity index (χ1n) is 8.17. The molecular formula is C19H23N3O4. The van der Waals surface area contributed by atoms with Gasteiger partial charge in [-0.1, -0.05) is 12.1 Å². The van der Waals surface area contributed by atoms with Crippen LogP contribution in [-0.4, -0.2) is 47.4 Å². The molecule has 0 fully saturated rings. The number of hydrogen-bond donors (Lipinski definition) is 1. The minimum atomic E-state index is -0.584. The van der Waals surface area contributed by atoms with Crippen molar-refractivity contribution in [1.29, 1.82) is 0 Å². The lowest BCUT2D eigenvalue weighted by molar-refractivity contribution is -0.136. The summed E-state index contributed by atoms with van der Waals surface area (Å²) in [4.78, 5) is 37.3. The Balaban J connectivity index is 1.84. The number of carbonyl (C=O) groups excluding carboxylic acids is 3. The van der Waals surface area contributed by atoms with Crippen LogP contribution in [0.2, 0.25) is 0 Å². The maximum Gasteiger partial charge on any atom is 0.355 e. The second-order valence-corrected chi connectivity index (χ2v) is 6.20. The van der Waals surface area contributed by atoms with Gasteiger partial charge in [-0.3, -0.25) is 9.59 Å². The highest BCUT2D eigenvalue weighted by molar-refractivity contribution is 5.95. The van der Waals surface area contributed by atoms with Gasteiger partial charge >= 0.3 is 5.97 Å². The van der Waals surface area contributed by atoms with Crippen molar-refractivity contribution in [1.82, 2.24) is 9.47 Å². The zero-order chi connectivity index (χ0) is 19.3. The standard InChI is InChI=1S/C19H23N3O4/c1-13-7-8-14(2)15(10-13)20-17(23)11-22(4)18(24)12-26-19(25)16-6-5-9-21(16)3/h5-10H,11-12H2,1-4H3,(H,20,23). The van der Waals surface area contributed by atoms with E-state index in [-0.39, 0.29) is 12.5 Å². The lowest BCUT2D eigenvalue weighted by Crippen LogP contribution is -2.37. The summed E-state index contributed by atoms with van der Waals surface area (Å²) in [6.45, 7) is 3.28. The topological polar surface area (TPSA) is 80.6 Å². The molecule has 0 atom stereocenters. The Morgan fingerprint density at radius 2 is 1.92 bits per heavy atom. The highest BCUT2D eigenvalue weighted by atomic mass is 16.5. The van der Waals surface area contributed by atoms with Crippen LogP contribution in [0.15, 0.2) is 36.5 Å². The lowest BCUT2D eigenvalue weighted by atomic mass is 10.1. The summed E-state index contributed by atoms with van der Waals surface area (Å²) in [6.07, 6.45) is 1.71. The van der Waals surface area contributed by atoms with E-state index in [2.05, 4.69) is 5.32 Å². The smallest absolute Gasteiger partial charge is 0.355 e. The van der Waals surface area contributed by atoms with Crippen LogP contribution in [0.1, 0.15) is 21.6 Å². The van der Waals surface area contributed by atoms with Crippen LogP contribution < -0.4 is 5.32 Å². The normalized spacial score (nSPS) is 10.3. The number of rotatable bonds is 6. The zero-order valence-electron chi connectivity index (χ0n) is 15.4. The molecule has 0 bridgehead atoms. The largest absolute Gasteiger partial charge is 0.451 e. The molecule has 0 spiro atoms. The van der Waals surface area contributed by atoms with Gasteiger partial charge in [-0.05, 0) is 43.2 Å². The third-order valence-electron chi connectivity index (χ3n) is 3.95. The average molecular weight is 357 g/mol. The fourth-order valence-corrected chi connectivity index (χ4v) is 2.35. The van der Waals surface area contributed by atoms with E-state index in [1.54, 1.807) is 29.9 Å². The molecule has 2 amide bonds. The van der Waals surface area contributed by atoms with Gasteiger partial charge in [-0.2, -0.15) is 0 Å². The summed E-state index contributed by atoms with van der Waals surface area (Å²) in [5.41, 5.74) is 3.04. The predicted octanol–water partition coefficient (Wildman–Crippen LogP) is 1.90. The number of hydrogen-bond acceptors (Lipinski definition) is 4. The number of likely N-dealkylation sites (N-methyl/N-ethyl adjacent to an activating group) is 1. The first-order chi connectivity index (χ1) is 12.3. The van der Waals surface area contributed by atoms with E-state index in [1.807, 2.05) is 32.0 Å². The Morgan fingerprint density at radius 1 is 1.19 bits per heavy atom. The lowest BCUT2D eigenvalue weighted by Gasteiger charge is -2.17. The number of aryl methyl sites for hydroxylation is 3. The molecule has 26 heavy (non-hydrogen) atoms. The van der Waals surface area contributed by atoms with Crippen LogP contribution in [-0.2, 0) is 21.4 Å². The van der Waals surface area contributed by atoms with Gasteiger partial charge < -0.3 is 19.5 Å². The van der Waals surface area contributed by atoms with Crippen LogP contribution in [0.4, 0.5) is 5.69 Å². The number of benzene rings is 1. The monoisotopic (exact) mass is 357 g/mol. The molecule has 2 aromatic rings. The van der Waals surface area contributed by atoms with Crippen LogP contribution in [0, 0.1) is 13.8 Å². The van der Waals surface area contributed by atoms with E-state index in [0.29, 0.717) is 11.4 Å². The van der Waals surface area contributed by atoms with Crippen molar-refractivity contribution in [3.63, 3.8) is 0 Å². The van der Waals surface area contributed by atoms with E-state index in [9.17, 15) is 14.4 Å². The summed E-state index contributed by atoms with van der Waals surface area (Å²) < 4.78 is 6.61. The maximum absolute atomic E-state index is 12.1. The molecule has 1 heterocycles. The van der Waals surface area contributed by atoms with Crippen molar-refractivity contribution in [3.8, 4) is 0 Å². The van der Waals surface area contributed by atoms with Gasteiger partial charge in [-0.15, -0.1) is 0 Å². The van der Waals surface area contributed by atoms with E-state index < -0.39 is 18.5 Å². The molecule has 1 aromatic heterocycles. The molecule has 1 N–H and O–H groups in total. The van der Waals surface area contributed by atoms with Gasteiger partial charge in [0.25, 0.3) is 5.91 Å². The molecule has 0 unspecified atom stereocenters. The Hall–Kier alpha value is -3.09. The van der Waals surface area contributed by atoms with E-state index >= 15 is 0 Å². The van der Waals surface area contributed by atoms with E-state index in [0.717, 1.165) is 11.1 Å². The molecule has 138 valence electrons. The minimum absolute atomic E-state index is 0.131. The third kappa shape index (κ3) is 4.95. The van der Waals surface area contributed by atoms with Gasteiger partial charge in [0.1, 0.15) is 5.69 Å². The number of amides is 2. The van der Waals surface area contributed by atoms with Gasteiger partial charge in [0.05, 0.1) is 6.54 Å². The fraction of sp³-hybridized carbons (Fsp3) is 0.316. The number of nitrogens with zero attached hydrogens (tertiary/aromatic N) is 2. The molecule has 0 aliphatic rings. The number of nitrogens with one attached hydrogen (secondary N) is 1. The third-order valence-corrected chi connectivity index (χ3v) is 3.95. The number of carbonyl (C=O) groups is 3. The maximum atomic E-state index is 12.1. The summed E-state index contributed by atoms with van der Waals surface area (Å²) in [7, 11) is 3.20. The van der Waals surface area contributed by atoms with E-state index in [4.69, 9.17) is 4.74 Å². The van der Waals surface area contributed by atoms with Crippen molar-refractivity contribution in [2.45, 2.75) is 13.8 Å². The highest BCUT2D eigenvalue weighted by Gasteiger charge is 2.17. The Morgan fingerprint density at radius 3 is 2.58 bits per heavy atom. The molecule has 7 nitrogen and oxygen atoms in total. The number of esters is 1. The van der Waals surface area contributed by atoms with Gasteiger partial charge in [0.2, 0.25) is 5.91 Å². The summed E-state index contributed by atoms with van der Waals surface area (Å²) in [5.74, 6) is -1.36. The first-order valence-corrected chi connectivity index (χ1v) is 8.17. The summed E-state index contributed by atoms with van der Waals surface area (Å²) in [5, 5.41) is 2.79. The molecule has 1 aromatic carbocycles. The summed E-state index contributed by atoms with van der Waals surface area (Å²) >= 11 is 0. The number of aromatic nitrogens is 1. The van der Waals surface area contributed by atoms with Gasteiger partial charge in [0.15, 0.2) is 6.61 Å². The van der Waals surface area contributed by atoms with Crippen LogP contribution in [0.3, 0.4) is 0 Å². The van der Waals surface area contributed by atoms with Crippen molar-refractivity contribution < 1.29 is 19.1 Å².